The number of carbonyl (C=O) groups excluding carboxylic acids is 1. The van der Waals surface area contributed by atoms with Crippen molar-refractivity contribution in [2.45, 2.75) is 85.7 Å². The van der Waals surface area contributed by atoms with Crippen LogP contribution in [0.25, 0.3) is 11.1 Å². The summed E-state index contributed by atoms with van der Waals surface area (Å²) >= 11 is 0. The second-order valence-corrected chi connectivity index (χ2v) is 12.9. The summed E-state index contributed by atoms with van der Waals surface area (Å²) < 4.78 is 5.88. The molecule has 0 fully saturated rings. The van der Waals surface area contributed by atoms with Crippen molar-refractivity contribution in [1.82, 2.24) is 0 Å². The molecule has 0 amide bonds. The van der Waals surface area contributed by atoms with Crippen LogP contribution >= 0.6 is 0 Å². The van der Waals surface area contributed by atoms with Crippen LogP contribution in [0.2, 0.25) is 0 Å². The number of phenolic OH excluding ortho intramolecular Hbond substituents is 2. The van der Waals surface area contributed by atoms with Gasteiger partial charge in [0.2, 0.25) is 0 Å². The number of fused-ring (bicyclic) bond motifs is 4. The number of hydrogen-bond acceptors (Lipinski definition) is 4. The van der Waals surface area contributed by atoms with Crippen molar-refractivity contribution >= 4 is 5.97 Å². The molecule has 44 heavy (non-hydrogen) atoms. The molecule has 2 N–H and O–H groups in total. The molecule has 4 heteroatoms. The first-order chi connectivity index (χ1) is 21.0. The Morgan fingerprint density at radius 2 is 1.36 bits per heavy atom. The molecule has 4 aromatic rings. The molecule has 6 rings (SSSR count). The van der Waals surface area contributed by atoms with Crippen molar-refractivity contribution in [1.29, 1.82) is 0 Å². The summed E-state index contributed by atoms with van der Waals surface area (Å²) in [6.45, 7) is 14.7. The summed E-state index contributed by atoms with van der Waals surface area (Å²) in [7, 11) is 0. The number of carbonyl (C=O) groups is 1. The van der Waals surface area contributed by atoms with Crippen LogP contribution in [0.3, 0.4) is 0 Å². The molecule has 2 aliphatic rings. The normalized spacial score (nSPS) is 17.2. The number of aromatic hydroxyl groups is 2. The van der Waals surface area contributed by atoms with Crippen LogP contribution in [-0.4, -0.2) is 16.2 Å². The van der Waals surface area contributed by atoms with Gasteiger partial charge in [-0.05, 0) is 96.9 Å². The smallest absolute Gasteiger partial charge is 0.312 e. The summed E-state index contributed by atoms with van der Waals surface area (Å²) in [6.07, 6.45) is 2.66. The summed E-state index contributed by atoms with van der Waals surface area (Å²) in [5, 5.41) is 18.6. The number of phenols is 2. The molecule has 0 saturated carbocycles. The fraction of sp³-hybridized carbons (Fsp3) is 0.375. The Bertz CT molecular complexity index is 1510. The first-order valence-electron chi connectivity index (χ1n) is 16.0. The molecule has 0 bridgehead atoms. The molecule has 3 atom stereocenters. The first kappa shape index (κ1) is 32.9. The van der Waals surface area contributed by atoms with E-state index in [4.69, 9.17) is 9.84 Å². The Labute approximate surface area is 263 Å². The topological polar surface area (TPSA) is 66.8 Å². The first-order valence-corrected chi connectivity index (χ1v) is 16.0. The monoisotopic (exact) mass is 592 g/mol. The molecule has 0 aromatic heterocycles. The molecule has 2 aliphatic carbocycles. The standard InChI is InChI=1S/C19H20O2.C11H14O.C10H14O/c1-4-19(2,3)18(20)21-17-15-11-7-5-9-13(15)14-10-6-8-12-16(14)17;1-7-6-10-9(8(7)2)4-3-5-11(10)12;1-3-8(2)9-4-6-10(11)7-5-9/h5-12,17H,4H2,1-3H3;3-5,7-8,12H,6H2,1-2H3;4-8,11H,3H2,1-2H3. The van der Waals surface area contributed by atoms with Gasteiger partial charge in [-0.15, -0.1) is 0 Å². The van der Waals surface area contributed by atoms with E-state index in [9.17, 15) is 9.90 Å². The lowest BCUT2D eigenvalue weighted by molar-refractivity contribution is -0.158. The molecule has 4 aromatic carbocycles. The summed E-state index contributed by atoms with van der Waals surface area (Å²) in [4.78, 5) is 12.4. The number of esters is 1. The van der Waals surface area contributed by atoms with Crippen LogP contribution in [0.1, 0.15) is 107 Å². The third kappa shape index (κ3) is 7.18. The summed E-state index contributed by atoms with van der Waals surface area (Å²) in [5.41, 5.74) is 7.84. The maximum atomic E-state index is 12.4. The van der Waals surface area contributed by atoms with Crippen LogP contribution in [0.4, 0.5) is 0 Å². The highest BCUT2D eigenvalue weighted by molar-refractivity contribution is 5.81. The van der Waals surface area contributed by atoms with E-state index < -0.39 is 5.41 Å². The predicted molar refractivity (Wildman–Crippen MR) is 180 cm³/mol. The zero-order valence-electron chi connectivity index (χ0n) is 27.3. The van der Waals surface area contributed by atoms with Crippen LogP contribution in [-0.2, 0) is 16.0 Å². The average Bonchev–Trinajstić information content (AvgIpc) is 3.51. The fourth-order valence-electron chi connectivity index (χ4n) is 5.73. The number of hydrogen-bond donors (Lipinski definition) is 2. The molecular weight excluding hydrogens is 544 g/mol. The molecular formula is C40H48O4. The fourth-order valence-corrected chi connectivity index (χ4v) is 5.73. The average molecular weight is 593 g/mol. The van der Waals surface area contributed by atoms with Crippen molar-refractivity contribution in [3.8, 4) is 22.6 Å². The van der Waals surface area contributed by atoms with Crippen LogP contribution in [0, 0.1) is 11.3 Å². The van der Waals surface area contributed by atoms with Crippen molar-refractivity contribution in [2.24, 2.45) is 11.3 Å². The van der Waals surface area contributed by atoms with Gasteiger partial charge in [0.25, 0.3) is 0 Å². The Morgan fingerprint density at radius 1 is 0.818 bits per heavy atom. The Kier molecular flexibility index (Phi) is 10.6. The lowest BCUT2D eigenvalue weighted by Crippen LogP contribution is -2.27. The largest absolute Gasteiger partial charge is 0.508 e. The van der Waals surface area contributed by atoms with E-state index in [1.807, 2.05) is 75.4 Å². The highest BCUT2D eigenvalue weighted by Crippen LogP contribution is 2.46. The summed E-state index contributed by atoms with van der Waals surface area (Å²) in [5.74, 6) is 2.55. The molecule has 0 radical (unpaired) electrons. The van der Waals surface area contributed by atoms with Crippen molar-refractivity contribution < 1.29 is 19.7 Å². The van der Waals surface area contributed by atoms with Crippen LogP contribution in [0.15, 0.2) is 91.0 Å². The van der Waals surface area contributed by atoms with Gasteiger partial charge in [0.15, 0.2) is 6.10 Å². The van der Waals surface area contributed by atoms with E-state index >= 15 is 0 Å². The maximum Gasteiger partial charge on any atom is 0.312 e. The third-order valence-corrected chi connectivity index (χ3v) is 9.57. The van der Waals surface area contributed by atoms with Crippen molar-refractivity contribution in [3.63, 3.8) is 0 Å². The Hall–Kier alpha value is -4.05. The molecule has 0 heterocycles. The Morgan fingerprint density at radius 3 is 1.89 bits per heavy atom. The molecule has 4 nitrogen and oxygen atoms in total. The zero-order chi connectivity index (χ0) is 32.0. The SMILES string of the molecule is CC1Cc2c(O)cccc2C1C.CCC(C)(C)C(=O)OC1c2ccccc2-c2ccccc21.CCC(C)c1ccc(O)cc1. The second-order valence-electron chi connectivity index (χ2n) is 12.9. The molecule has 3 unspecified atom stereocenters. The molecule has 0 saturated heterocycles. The lowest BCUT2D eigenvalue weighted by atomic mass is 9.90. The van der Waals surface area contributed by atoms with Gasteiger partial charge in [-0.3, -0.25) is 4.79 Å². The van der Waals surface area contributed by atoms with E-state index in [1.54, 1.807) is 18.2 Å². The van der Waals surface area contributed by atoms with E-state index in [2.05, 4.69) is 45.9 Å². The van der Waals surface area contributed by atoms with Crippen LogP contribution in [0.5, 0.6) is 11.5 Å². The van der Waals surface area contributed by atoms with E-state index in [-0.39, 0.29) is 12.1 Å². The minimum atomic E-state index is -0.452. The minimum Gasteiger partial charge on any atom is -0.508 e. The van der Waals surface area contributed by atoms with Gasteiger partial charge in [0.1, 0.15) is 11.5 Å². The second kappa shape index (κ2) is 14.2. The van der Waals surface area contributed by atoms with Gasteiger partial charge >= 0.3 is 5.97 Å². The number of rotatable bonds is 5. The quantitative estimate of drug-likeness (QED) is 0.226. The molecule has 0 aliphatic heterocycles. The van der Waals surface area contributed by atoms with Gasteiger partial charge in [0.05, 0.1) is 5.41 Å². The van der Waals surface area contributed by atoms with Crippen LogP contribution < -0.4 is 0 Å². The van der Waals surface area contributed by atoms with Crippen molar-refractivity contribution in [3.05, 3.63) is 119 Å². The van der Waals surface area contributed by atoms with E-state index in [0.717, 1.165) is 36.0 Å². The number of benzene rings is 4. The highest BCUT2D eigenvalue weighted by atomic mass is 16.5. The highest BCUT2D eigenvalue weighted by Gasteiger charge is 2.35. The predicted octanol–water partition coefficient (Wildman–Crippen LogP) is 10.3. The van der Waals surface area contributed by atoms with Gasteiger partial charge in [-0.2, -0.15) is 0 Å². The number of ether oxygens (including phenoxy) is 1. The van der Waals surface area contributed by atoms with E-state index in [1.165, 1.54) is 22.3 Å². The minimum absolute atomic E-state index is 0.137. The van der Waals surface area contributed by atoms with Crippen molar-refractivity contribution in [2.75, 3.05) is 0 Å². The Balaban J connectivity index is 0.000000164. The van der Waals surface area contributed by atoms with Gasteiger partial charge in [0, 0.05) is 11.1 Å². The molecule has 232 valence electrons. The lowest BCUT2D eigenvalue weighted by Gasteiger charge is -2.24. The van der Waals surface area contributed by atoms with Gasteiger partial charge in [-0.1, -0.05) is 107 Å². The third-order valence-electron chi connectivity index (χ3n) is 9.57. The molecule has 0 spiro atoms. The van der Waals surface area contributed by atoms with Gasteiger partial charge in [-0.25, -0.2) is 0 Å². The zero-order valence-corrected chi connectivity index (χ0v) is 27.3. The summed E-state index contributed by atoms with van der Waals surface area (Å²) in [6, 6.07) is 29.6. The van der Waals surface area contributed by atoms with Gasteiger partial charge < -0.3 is 14.9 Å². The van der Waals surface area contributed by atoms with E-state index in [0.29, 0.717) is 29.3 Å². The maximum absolute atomic E-state index is 12.4.